The van der Waals surface area contributed by atoms with Gasteiger partial charge < -0.3 is 14.2 Å². The number of sulfonamides is 1. The van der Waals surface area contributed by atoms with Gasteiger partial charge in [0.15, 0.2) is 5.76 Å². The number of piperazine rings is 1. The standard InChI is InChI=1S/C23H21N5O5S2/c29-22(18-9-5-15-33-18)27-11-13-28(14-12-27)23(30)20(16-6-2-1-3-7-16)26-35(31,32)19-10-4-8-17-21(19)25-34-24-17/h1-10,15,20,26H,11-14H2. The number of carbonyl (C=O) groups excluding carboxylic acids is 2. The number of nitrogens with one attached hydrogen (secondary N) is 1. The lowest BCUT2D eigenvalue weighted by atomic mass is 10.1. The van der Waals surface area contributed by atoms with Gasteiger partial charge in [-0.3, -0.25) is 9.59 Å². The van der Waals surface area contributed by atoms with Crippen molar-refractivity contribution < 1.29 is 22.4 Å². The molecule has 180 valence electrons. The maximum absolute atomic E-state index is 13.6. The van der Waals surface area contributed by atoms with Crippen molar-refractivity contribution in [2.24, 2.45) is 0 Å². The Labute approximate surface area is 205 Å². The Kier molecular flexibility index (Phi) is 6.32. The average molecular weight is 512 g/mol. The van der Waals surface area contributed by atoms with Gasteiger partial charge in [-0.1, -0.05) is 36.4 Å². The van der Waals surface area contributed by atoms with E-state index in [-0.39, 0.29) is 35.2 Å². The quantitative estimate of drug-likeness (QED) is 0.421. The number of aromatic nitrogens is 2. The van der Waals surface area contributed by atoms with Crippen molar-refractivity contribution in [3.8, 4) is 0 Å². The van der Waals surface area contributed by atoms with Crippen LogP contribution in [0.1, 0.15) is 22.2 Å². The van der Waals surface area contributed by atoms with Gasteiger partial charge in [-0.15, -0.1) is 0 Å². The Hall–Kier alpha value is -3.61. The minimum atomic E-state index is -4.11. The third-order valence-corrected chi connectivity index (χ3v) is 7.80. The molecule has 1 N–H and O–H groups in total. The van der Waals surface area contributed by atoms with Crippen LogP contribution >= 0.6 is 11.7 Å². The van der Waals surface area contributed by atoms with Gasteiger partial charge in [0.1, 0.15) is 22.0 Å². The number of amides is 2. The summed E-state index contributed by atoms with van der Waals surface area (Å²) < 4.78 is 42.7. The molecule has 1 aliphatic heterocycles. The molecule has 0 saturated carbocycles. The molecular weight excluding hydrogens is 490 g/mol. The number of rotatable bonds is 6. The fourth-order valence-electron chi connectivity index (χ4n) is 3.99. The smallest absolute Gasteiger partial charge is 0.289 e. The summed E-state index contributed by atoms with van der Waals surface area (Å²) in [6.45, 7) is 1.15. The third kappa shape index (κ3) is 4.67. The van der Waals surface area contributed by atoms with Crippen LogP contribution in [0.3, 0.4) is 0 Å². The summed E-state index contributed by atoms with van der Waals surface area (Å²) in [7, 11) is -4.11. The number of furan rings is 1. The van der Waals surface area contributed by atoms with Crippen molar-refractivity contribution in [3.05, 3.63) is 78.3 Å². The van der Waals surface area contributed by atoms with Gasteiger partial charge in [0.2, 0.25) is 15.9 Å². The molecule has 0 radical (unpaired) electrons. The predicted molar refractivity (Wildman–Crippen MR) is 128 cm³/mol. The summed E-state index contributed by atoms with van der Waals surface area (Å²) in [6.07, 6.45) is 1.44. The molecule has 1 unspecified atom stereocenters. The minimum absolute atomic E-state index is 0.0358. The fourth-order valence-corrected chi connectivity index (χ4v) is 5.94. The van der Waals surface area contributed by atoms with E-state index in [1.165, 1.54) is 12.3 Å². The van der Waals surface area contributed by atoms with E-state index in [9.17, 15) is 18.0 Å². The van der Waals surface area contributed by atoms with E-state index >= 15 is 0 Å². The molecule has 0 aliphatic carbocycles. The molecule has 12 heteroatoms. The summed E-state index contributed by atoms with van der Waals surface area (Å²) in [5.74, 6) is -0.397. The first kappa shape index (κ1) is 23.1. The van der Waals surface area contributed by atoms with Gasteiger partial charge in [-0.2, -0.15) is 13.5 Å². The van der Waals surface area contributed by atoms with Gasteiger partial charge in [-0.05, 0) is 29.8 Å². The SMILES string of the molecule is O=C(c1ccco1)N1CCN(C(=O)C(NS(=O)(=O)c2cccc3nsnc23)c2ccccc2)CC1. The molecule has 1 atom stereocenters. The Balaban J connectivity index is 1.38. The molecule has 1 saturated heterocycles. The normalized spacial score (nSPS) is 15.3. The Morgan fingerprint density at radius 1 is 0.914 bits per heavy atom. The zero-order chi connectivity index (χ0) is 24.4. The summed E-state index contributed by atoms with van der Waals surface area (Å²) in [4.78, 5) is 29.3. The minimum Gasteiger partial charge on any atom is -0.459 e. The first-order valence-electron chi connectivity index (χ1n) is 10.8. The van der Waals surface area contributed by atoms with Gasteiger partial charge in [0.25, 0.3) is 5.91 Å². The third-order valence-electron chi connectivity index (χ3n) is 5.80. The van der Waals surface area contributed by atoms with Gasteiger partial charge in [-0.25, -0.2) is 8.42 Å². The first-order valence-corrected chi connectivity index (χ1v) is 13.1. The van der Waals surface area contributed by atoms with Crippen LogP contribution in [0, 0.1) is 0 Å². The lowest BCUT2D eigenvalue weighted by Gasteiger charge is -2.36. The molecule has 2 amide bonds. The van der Waals surface area contributed by atoms with Crippen LogP contribution in [0.15, 0.2) is 76.2 Å². The number of hydrogen-bond acceptors (Lipinski definition) is 8. The predicted octanol–water partition coefficient (Wildman–Crippen LogP) is 2.29. The first-order chi connectivity index (χ1) is 16.9. The van der Waals surface area contributed by atoms with Crippen molar-refractivity contribution in [3.63, 3.8) is 0 Å². The van der Waals surface area contributed by atoms with Crippen molar-refractivity contribution in [1.82, 2.24) is 23.3 Å². The molecule has 35 heavy (non-hydrogen) atoms. The highest BCUT2D eigenvalue weighted by Gasteiger charge is 2.34. The van der Waals surface area contributed by atoms with Crippen molar-refractivity contribution in [1.29, 1.82) is 0 Å². The molecule has 0 spiro atoms. The zero-order valence-electron chi connectivity index (χ0n) is 18.4. The summed E-state index contributed by atoms with van der Waals surface area (Å²) >= 11 is 0.923. The molecule has 2 aromatic heterocycles. The second-order valence-electron chi connectivity index (χ2n) is 7.95. The maximum Gasteiger partial charge on any atom is 0.289 e. The van der Waals surface area contributed by atoms with Crippen molar-refractivity contribution >= 4 is 44.6 Å². The van der Waals surface area contributed by atoms with Crippen LogP contribution in [0.5, 0.6) is 0 Å². The highest BCUT2D eigenvalue weighted by atomic mass is 32.2. The summed E-state index contributed by atoms with van der Waals surface area (Å²) in [5.41, 5.74) is 1.24. The zero-order valence-corrected chi connectivity index (χ0v) is 20.0. The van der Waals surface area contributed by atoms with Crippen LogP contribution in [0.25, 0.3) is 11.0 Å². The number of hydrogen-bond donors (Lipinski definition) is 1. The van der Waals surface area contributed by atoms with E-state index in [4.69, 9.17) is 4.42 Å². The van der Waals surface area contributed by atoms with Gasteiger partial charge in [0.05, 0.1) is 18.0 Å². The van der Waals surface area contributed by atoms with Crippen LogP contribution in [0.4, 0.5) is 0 Å². The second kappa shape index (κ2) is 9.56. The van der Waals surface area contributed by atoms with Gasteiger partial charge >= 0.3 is 0 Å². The van der Waals surface area contributed by atoms with Crippen LogP contribution in [-0.4, -0.2) is 65.0 Å². The lowest BCUT2D eigenvalue weighted by Crippen LogP contribution is -2.53. The number of carbonyl (C=O) groups is 2. The molecule has 1 aliphatic rings. The van der Waals surface area contributed by atoms with Crippen LogP contribution in [-0.2, 0) is 14.8 Å². The molecule has 10 nitrogen and oxygen atoms in total. The van der Waals surface area contributed by atoms with E-state index in [2.05, 4.69) is 13.5 Å². The maximum atomic E-state index is 13.6. The topological polar surface area (TPSA) is 126 Å². The van der Waals surface area contributed by atoms with Gasteiger partial charge in [0, 0.05) is 26.2 Å². The number of benzene rings is 2. The second-order valence-corrected chi connectivity index (χ2v) is 10.2. The summed E-state index contributed by atoms with van der Waals surface area (Å²) in [6, 6.07) is 15.5. The molecule has 1 fully saturated rings. The highest BCUT2D eigenvalue weighted by Crippen LogP contribution is 2.25. The van der Waals surface area contributed by atoms with Crippen molar-refractivity contribution in [2.45, 2.75) is 10.9 Å². The molecule has 5 rings (SSSR count). The average Bonchev–Trinajstić information content (AvgIpc) is 3.59. The van der Waals surface area contributed by atoms with E-state index in [0.717, 1.165) is 11.7 Å². The van der Waals surface area contributed by atoms with E-state index in [0.29, 0.717) is 24.2 Å². The van der Waals surface area contributed by atoms with E-state index in [1.807, 2.05) is 0 Å². The highest BCUT2D eigenvalue weighted by molar-refractivity contribution is 7.89. The Morgan fingerprint density at radius 3 is 2.37 bits per heavy atom. The Bertz CT molecular complexity index is 1450. The Morgan fingerprint density at radius 2 is 1.66 bits per heavy atom. The number of fused-ring (bicyclic) bond motifs is 1. The monoisotopic (exact) mass is 511 g/mol. The van der Waals surface area contributed by atoms with Crippen molar-refractivity contribution in [2.75, 3.05) is 26.2 Å². The molecular formula is C23H21N5O5S2. The van der Waals surface area contributed by atoms with Crippen LogP contribution in [0.2, 0.25) is 0 Å². The molecule has 3 heterocycles. The van der Waals surface area contributed by atoms with E-state index in [1.54, 1.807) is 64.4 Å². The molecule has 4 aromatic rings. The largest absolute Gasteiger partial charge is 0.459 e. The molecule has 2 aromatic carbocycles. The van der Waals surface area contributed by atoms with Crippen LogP contribution < -0.4 is 4.72 Å². The fraction of sp³-hybridized carbons (Fsp3) is 0.217. The van der Waals surface area contributed by atoms with E-state index < -0.39 is 22.0 Å². The summed E-state index contributed by atoms with van der Waals surface area (Å²) in [5, 5.41) is 0. The molecule has 0 bridgehead atoms. The number of nitrogens with zero attached hydrogens (tertiary/aromatic N) is 4. The lowest BCUT2D eigenvalue weighted by molar-refractivity contribution is -0.134.